The maximum Gasteiger partial charge on any atom is 0.243 e. The number of rotatable bonds is 5. The molecule has 0 saturated carbocycles. The summed E-state index contributed by atoms with van der Waals surface area (Å²) in [6, 6.07) is 14.7. The lowest BCUT2D eigenvalue weighted by Gasteiger charge is -2.26. The Hall–Kier alpha value is -2.97. The highest BCUT2D eigenvalue weighted by Gasteiger charge is 2.30. The van der Waals surface area contributed by atoms with Crippen LogP contribution in [0.2, 0.25) is 0 Å². The third-order valence-corrected chi connectivity index (χ3v) is 8.33. The van der Waals surface area contributed by atoms with Gasteiger partial charge in [-0.2, -0.15) is 4.31 Å². The summed E-state index contributed by atoms with van der Waals surface area (Å²) in [4.78, 5) is 19.7. The lowest BCUT2D eigenvalue weighted by atomic mass is 10.2. The summed E-state index contributed by atoms with van der Waals surface area (Å²) in [6.45, 7) is 3.50. The van der Waals surface area contributed by atoms with Crippen molar-refractivity contribution < 1.29 is 17.6 Å². The van der Waals surface area contributed by atoms with Gasteiger partial charge >= 0.3 is 0 Å². The van der Waals surface area contributed by atoms with E-state index in [4.69, 9.17) is 4.42 Å². The summed E-state index contributed by atoms with van der Waals surface area (Å²) < 4.78 is 33.4. The molecule has 0 bridgehead atoms. The van der Waals surface area contributed by atoms with E-state index in [0.29, 0.717) is 48.3 Å². The van der Waals surface area contributed by atoms with E-state index in [0.717, 1.165) is 36.1 Å². The molecule has 3 aromatic rings. The Morgan fingerprint density at radius 3 is 2.55 bits per heavy atom. The number of carbonyl (C=O) groups is 1. The van der Waals surface area contributed by atoms with E-state index in [1.807, 2.05) is 37.3 Å². The third kappa shape index (κ3) is 4.20. The van der Waals surface area contributed by atoms with Crippen molar-refractivity contribution in [3.63, 3.8) is 0 Å². The molecule has 1 amide bonds. The van der Waals surface area contributed by atoms with Crippen LogP contribution in [0.5, 0.6) is 0 Å². The van der Waals surface area contributed by atoms with Crippen molar-refractivity contribution in [1.82, 2.24) is 9.29 Å². The van der Waals surface area contributed by atoms with Crippen molar-refractivity contribution in [1.29, 1.82) is 0 Å². The summed E-state index contributed by atoms with van der Waals surface area (Å²) in [7, 11) is -3.49. The highest BCUT2D eigenvalue weighted by molar-refractivity contribution is 7.89. The van der Waals surface area contributed by atoms with Crippen molar-refractivity contribution >= 4 is 21.6 Å². The van der Waals surface area contributed by atoms with Crippen LogP contribution in [0, 0.1) is 6.92 Å². The van der Waals surface area contributed by atoms with Crippen LogP contribution in [-0.2, 0) is 27.7 Å². The van der Waals surface area contributed by atoms with Gasteiger partial charge in [-0.1, -0.05) is 24.6 Å². The van der Waals surface area contributed by atoms with Gasteiger partial charge in [0.25, 0.3) is 0 Å². The van der Waals surface area contributed by atoms with Crippen molar-refractivity contribution in [3.8, 4) is 11.5 Å². The Bertz CT molecular complexity index is 1280. The molecule has 3 heterocycles. The summed E-state index contributed by atoms with van der Waals surface area (Å²) >= 11 is 0. The van der Waals surface area contributed by atoms with Gasteiger partial charge < -0.3 is 9.32 Å². The minimum absolute atomic E-state index is 0.0728. The van der Waals surface area contributed by atoms with Gasteiger partial charge in [0.1, 0.15) is 5.76 Å². The normalized spacial score (nSPS) is 16.7. The minimum Gasteiger partial charge on any atom is -0.441 e. The fraction of sp³-hybridized carbons (Fsp3) is 0.360. The monoisotopic (exact) mass is 465 g/mol. The number of hydrogen-bond acceptors (Lipinski definition) is 5. The number of anilines is 1. The molecular weight excluding hydrogens is 438 g/mol. The first-order chi connectivity index (χ1) is 15.9. The number of fused-ring (bicyclic) bond motifs is 1. The van der Waals surface area contributed by atoms with Crippen LogP contribution in [0.1, 0.15) is 36.3 Å². The molecule has 7 nitrogen and oxygen atoms in total. The quantitative estimate of drug-likeness (QED) is 0.570. The molecule has 0 atom stereocenters. The second kappa shape index (κ2) is 8.76. The Labute approximate surface area is 194 Å². The van der Waals surface area contributed by atoms with E-state index >= 15 is 0 Å². The number of nitrogens with zero attached hydrogens (tertiary/aromatic N) is 3. The van der Waals surface area contributed by atoms with Gasteiger partial charge in [0.15, 0.2) is 0 Å². The molecule has 1 aromatic heterocycles. The van der Waals surface area contributed by atoms with Crippen LogP contribution in [0.25, 0.3) is 11.5 Å². The number of sulfonamides is 1. The lowest BCUT2D eigenvalue weighted by Crippen LogP contribution is -2.35. The summed E-state index contributed by atoms with van der Waals surface area (Å²) in [5.74, 6) is 1.06. The zero-order valence-corrected chi connectivity index (χ0v) is 19.5. The molecule has 33 heavy (non-hydrogen) atoms. The fourth-order valence-electron chi connectivity index (χ4n) is 4.59. The zero-order valence-electron chi connectivity index (χ0n) is 18.7. The first-order valence-electron chi connectivity index (χ1n) is 11.4. The molecule has 2 aromatic carbocycles. The average molecular weight is 466 g/mol. The number of benzene rings is 2. The molecule has 1 saturated heterocycles. The highest BCUT2D eigenvalue weighted by atomic mass is 32.2. The van der Waals surface area contributed by atoms with Gasteiger partial charge in [0.05, 0.1) is 17.0 Å². The molecule has 2 aliphatic heterocycles. The number of hydrogen-bond donors (Lipinski definition) is 0. The molecule has 0 unspecified atom stereocenters. The van der Waals surface area contributed by atoms with Gasteiger partial charge in [-0.3, -0.25) is 4.79 Å². The van der Waals surface area contributed by atoms with Crippen LogP contribution in [0.3, 0.4) is 0 Å². The van der Waals surface area contributed by atoms with E-state index in [1.165, 1.54) is 0 Å². The van der Waals surface area contributed by atoms with Crippen LogP contribution in [0.15, 0.2) is 57.8 Å². The summed E-state index contributed by atoms with van der Waals surface area (Å²) in [5.41, 5.74) is 3.16. The Morgan fingerprint density at radius 2 is 1.79 bits per heavy atom. The van der Waals surface area contributed by atoms with Gasteiger partial charge in [-0.15, -0.1) is 0 Å². The smallest absolute Gasteiger partial charge is 0.243 e. The molecule has 8 heteroatoms. The van der Waals surface area contributed by atoms with Crippen LogP contribution in [-0.4, -0.2) is 43.2 Å². The standard InChI is InChI=1S/C25H27N3O4S/c1-18-22(26-25(32-18)19-8-4-2-5-9-19)17-24(29)28-15-12-20-16-21(10-11-23(20)28)33(30,31)27-13-6-3-7-14-27/h2,4-5,8-11,16H,3,6-7,12-15,17H2,1H3. The van der Waals surface area contributed by atoms with Gasteiger partial charge in [-0.05, 0) is 62.1 Å². The number of aryl methyl sites for hydroxylation is 1. The maximum atomic E-state index is 13.1. The van der Waals surface area contributed by atoms with E-state index in [2.05, 4.69) is 4.98 Å². The van der Waals surface area contributed by atoms with Gasteiger partial charge in [0.2, 0.25) is 21.8 Å². The van der Waals surface area contributed by atoms with Gasteiger partial charge in [0, 0.05) is 30.9 Å². The molecule has 0 radical (unpaired) electrons. The van der Waals surface area contributed by atoms with E-state index < -0.39 is 10.0 Å². The predicted molar refractivity (Wildman–Crippen MR) is 125 cm³/mol. The van der Waals surface area contributed by atoms with Crippen LogP contribution in [0.4, 0.5) is 5.69 Å². The molecule has 5 rings (SSSR count). The topological polar surface area (TPSA) is 83.7 Å². The number of amides is 1. The first kappa shape index (κ1) is 21.9. The number of carbonyl (C=O) groups excluding carboxylic acids is 1. The molecule has 2 aliphatic rings. The molecular formula is C25H27N3O4S. The Balaban J connectivity index is 1.34. The van der Waals surface area contributed by atoms with Crippen molar-refractivity contribution in [3.05, 3.63) is 65.5 Å². The lowest BCUT2D eigenvalue weighted by molar-refractivity contribution is -0.117. The molecule has 0 aliphatic carbocycles. The van der Waals surface area contributed by atoms with Crippen molar-refractivity contribution in [2.75, 3.05) is 24.5 Å². The predicted octanol–water partition coefficient (Wildman–Crippen LogP) is 3.96. The molecule has 0 spiro atoms. The molecule has 1 fully saturated rings. The Kier molecular flexibility index (Phi) is 5.80. The van der Waals surface area contributed by atoms with Gasteiger partial charge in [-0.25, -0.2) is 13.4 Å². The average Bonchev–Trinajstić information content (AvgIpc) is 3.43. The maximum absolute atomic E-state index is 13.1. The van der Waals surface area contributed by atoms with Crippen molar-refractivity contribution in [2.45, 2.75) is 43.9 Å². The number of aromatic nitrogens is 1. The van der Waals surface area contributed by atoms with Crippen LogP contribution < -0.4 is 4.90 Å². The second-order valence-electron chi connectivity index (χ2n) is 8.62. The summed E-state index contributed by atoms with van der Waals surface area (Å²) in [6.07, 6.45) is 3.65. The number of oxazole rings is 1. The van der Waals surface area contributed by atoms with E-state index in [9.17, 15) is 13.2 Å². The van der Waals surface area contributed by atoms with Crippen molar-refractivity contribution in [2.24, 2.45) is 0 Å². The minimum atomic E-state index is -3.49. The second-order valence-corrected chi connectivity index (χ2v) is 10.6. The SMILES string of the molecule is Cc1oc(-c2ccccc2)nc1CC(=O)N1CCc2cc(S(=O)(=O)N3CCCCC3)ccc21. The molecule has 172 valence electrons. The summed E-state index contributed by atoms with van der Waals surface area (Å²) in [5, 5.41) is 0. The zero-order chi connectivity index (χ0) is 23.0. The largest absolute Gasteiger partial charge is 0.441 e. The van der Waals surface area contributed by atoms with Crippen LogP contribution >= 0.6 is 0 Å². The fourth-order valence-corrected chi connectivity index (χ4v) is 6.16. The first-order valence-corrected chi connectivity index (χ1v) is 12.8. The van der Waals surface area contributed by atoms with E-state index in [1.54, 1.807) is 27.4 Å². The molecule has 0 N–H and O–H groups in total. The van der Waals surface area contributed by atoms with E-state index in [-0.39, 0.29) is 12.3 Å². The number of piperidine rings is 1. The Morgan fingerprint density at radius 1 is 1.03 bits per heavy atom. The third-order valence-electron chi connectivity index (χ3n) is 6.43. The highest BCUT2D eigenvalue weighted by Crippen LogP contribution is 2.32.